The standard InChI is InChI=1S/C12H20N4S/c1-2-13-12-14-6-3-11(16-12)15-9-10-4-7-17-8-5-10/h3,6,10H,2,4-5,7-9H2,1H3,(H2,13,14,15,16). The largest absolute Gasteiger partial charge is 0.370 e. The first-order chi connectivity index (χ1) is 8.38. The Hall–Kier alpha value is -0.970. The third-order valence-electron chi connectivity index (χ3n) is 2.90. The molecule has 94 valence electrons. The van der Waals surface area contributed by atoms with Crippen LogP contribution in [-0.2, 0) is 0 Å². The first-order valence-electron chi connectivity index (χ1n) is 6.27. The van der Waals surface area contributed by atoms with E-state index in [4.69, 9.17) is 0 Å². The highest BCUT2D eigenvalue weighted by Crippen LogP contribution is 2.22. The minimum absolute atomic E-state index is 0.705. The number of thioether (sulfide) groups is 1. The zero-order chi connectivity index (χ0) is 11.9. The Labute approximate surface area is 107 Å². The summed E-state index contributed by atoms with van der Waals surface area (Å²) in [6.07, 6.45) is 4.44. The van der Waals surface area contributed by atoms with Crippen molar-refractivity contribution in [1.29, 1.82) is 0 Å². The van der Waals surface area contributed by atoms with Gasteiger partial charge in [-0.25, -0.2) is 4.98 Å². The predicted octanol–water partition coefficient (Wildman–Crippen LogP) is 2.46. The zero-order valence-corrected chi connectivity index (χ0v) is 11.1. The van der Waals surface area contributed by atoms with E-state index in [1.165, 1.54) is 24.3 Å². The van der Waals surface area contributed by atoms with Gasteiger partial charge in [-0.05, 0) is 43.3 Å². The molecule has 1 aromatic heterocycles. The monoisotopic (exact) mass is 252 g/mol. The van der Waals surface area contributed by atoms with Gasteiger partial charge in [0.05, 0.1) is 0 Å². The number of hydrogen-bond acceptors (Lipinski definition) is 5. The Morgan fingerprint density at radius 1 is 1.35 bits per heavy atom. The summed E-state index contributed by atoms with van der Waals surface area (Å²) in [7, 11) is 0. The van der Waals surface area contributed by atoms with E-state index in [0.29, 0.717) is 5.95 Å². The van der Waals surface area contributed by atoms with Crippen LogP contribution in [0.3, 0.4) is 0 Å². The first-order valence-corrected chi connectivity index (χ1v) is 7.42. The maximum atomic E-state index is 4.41. The summed E-state index contributed by atoms with van der Waals surface area (Å²) >= 11 is 2.07. The fourth-order valence-corrected chi connectivity index (χ4v) is 3.10. The van der Waals surface area contributed by atoms with Crippen LogP contribution in [0.2, 0.25) is 0 Å². The molecule has 4 nitrogen and oxygen atoms in total. The fourth-order valence-electron chi connectivity index (χ4n) is 1.90. The molecular weight excluding hydrogens is 232 g/mol. The van der Waals surface area contributed by atoms with Gasteiger partial charge in [-0.2, -0.15) is 16.7 Å². The highest BCUT2D eigenvalue weighted by molar-refractivity contribution is 7.99. The lowest BCUT2D eigenvalue weighted by molar-refractivity contribution is 0.515. The molecule has 0 aromatic carbocycles. The summed E-state index contributed by atoms with van der Waals surface area (Å²) in [5.41, 5.74) is 0. The van der Waals surface area contributed by atoms with Gasteiger partial charge >= 0.3 is 0 Å². The maximum Gasteiger partial charge on any atom is 0.224 e. The summed E-state index contributed by atoms with van der Waals surface area (Å²) < 4.78 is 0. The number of aromatic nitrogens is 2. The third kappa shape index (κ3) is 4.07. The van der Waals surface area contributed by atoms with Crippen LogP contribution in [0.1, 0.15) is 19.8 Å². The molecule has 1 saturated heterocycles. The second-order valence-electron chi connectivity index (χ2n) is 4.23. The highest BCUT2D eigenvalue weighted by atomic mass is 32.2. The quantitative estimate of drug-likeness (QED) is 0.843. The van der Waals surface area contributed by atoms with E-state index in [2.05, 4.69) is 32.4 Å². The number of nitrogens with one attached hydrogen (secondary N) is 2. The van der Waals surface area contributed by atoms with E-state index in [1.807, 2.05) is 13.0 Å². The van der Waals surface area contributed by atoms with Gasteiger partial charge in [-0.3, -0.25) is 0 Å². The van der Waals surface area contributed by atoms with Gasteiger partial charge in [0.2, 0.25) is 5.95 Å². The Morgan fingerprint density at radius 3 is 2.94 bits per heavy atom. The maximum absolute atomic E-state index is 4.41. The van der Waals surface area contributed by atoms with Crippen molar-refractivity contribution in [2.75, 3.05) is 35.2 Å². The van der Waals surface area contributed by atoms with Crippen LogP contribution in [0.4, 0.5) is 11.8 Å². The summed E-state index contributed by atoms with van der Waals surface area (Å²) in [6.45, 7) is 3.93. The van der Waals surface area contributed by atoms with Gasteiger partial charge in [0.15, 0.2) is 0 Å². The summed E-state index contributed by atoms with van der Waals surface area (Å²) in [6, 6.07) is 1.93. The number of nitrogens with zero attached hydrogens (tertiary/aromatic N) is 2. The van der Waals surface area contributed by atoms with Crippen molar-refractivity contribution in [2.45, 2.75) is 19.8 Å². The van der Waals surface area contributed by atoms with Crippen molar-refractivity contribution in [3.05, 3.63) is 12.3 Å². The second kappa shape index (κ2) is 6.69. The molecule has 0 aliphatic carbocycles. The molecule has 0 unspecified atom stereocenters. The first kappa shape index (κ1) is 12.5. The topological polar surface area (TPSA) is 49.8 Å². The molecule has 17 heavy (non-hydrogen) atoms. The normalized spacial score (nSPS) is 16.8. The Balaban J connectivity index is 1.83. The lowest BCUT2D eigenvalue weighted by Crippen LogP contribution is -2.19. The lowest BCUT2D eigenvalue weighted by atomic mass is 10.0. The van der Waals surface area contributed by atoms with Gasteiger partial charge in [-0.1, -0.05) is 0 Å². The molecule has 0 amide bonds. The van der Waals surface area contributed by atoms with Crippen LogP contribution >= 0.6 is 11.8 Å². The van der Waals surface area contributed by atoms with Crippen LogP contribution in [-0.4, -0.2) is 34.6 Å². The van der Waals surface area contributed by atoms with Crippen molar-refractivity contribution in [2.24, 2.45) is 5.92 Å². The van der Waals surface area contributed by atoms with Crippen molar-refractivity contribution >= 4 is 23.5 Å². The van der Waals surface area contributed by atoms with E-state index in [0.717, 1.165) is 24.8 Å². The molecule has 0 bridgehead atoms. The molecule has 0 saturated carbocycles. The van der Waals surface area contributed by atoms with Crippen LogP contribution in [0.5, 0.6) is 0 Å². The second-order valence-corrected chi connectivity index (χ2v) is 5.46. The predicted molar refractivity (Wildman–Crippen MR) is 74.7 cm³/mol. The van der Waals surface area contributed by atoms with E-state index in [1.54, 1.807) is 6.20 Å². The third-order valence-corrected chi connectivity index (χ3v) is 3.95. The molecule has 1 aromatic rings. The molecule has 1 aliphatic heterocycles. The Bertz CT molecular complexity index is 339. The number of anilines is 2. The molecular formula is C12H20N4S. The van der Waals surface area contributed by atoms with E-state index in [-0.39, 0.29) is 0 Å². The average Bonchev–Trinajstić information content (AvgIpc) is 2.39. The van der Waals surface area contributed by atoms with Gasteiger partial charge in [0.1, 0.15) is 5.82 Å². The SMILES string of the molecule is CCNc1nccc(NCC2CCSCC2)n1. The molecule has 1 aliphatic rings. The molecule has 2 rings (SSSR count). The van der Waals surface area contributed by atoms with Gasteiger partial charge < -0.3 is 10.6 Å². The summed E-state index contributed by atoms with van der Waals surface area (Å²) in [5.74, 6) is 5.04. The van der Waals surface area contributed by atoms with Crippen LogP contribution < -0.4 is 10.6 Å². The van der Waals surface area contributed by atoms with Crippen LogP contribution in [0.25, 0.3) is 0 Å². The van der Waals surface area contributed by atoms with E-state index in [9.17, 15) is 0 Å². The van der Waals surface area contributed by atoms with Gasteiger partial charge in [0, 0.05) is 19.3 Å². The summed E-state index contributed by atoms with van der Waals surface area (Å²) in [4.78, 5) is 8.57. The van der Waals surface area contributed by atoms with Crippen molar-refractivity contribution < 1.29 is 0 Å². The zero-order valence-electron chi connectivity index (χ0n) is 10.3. The molecule has 2 heterocycles. The van der Waals surface area contributed by atoms with Crippen LogP contribution in [0, 0.1) is 5.92 Å². The Kier molecular flexibility index (Phi) is 4.91. The smallest absolute Gasteiger partial charge is 0.224 e. The lowest BCUT2D eigenvalue weighted by Gasteiger charge is -2.21. The fraction of sp³-hybridized carbons (Fsp3) is 0.667. The van der Waals surface area contributed by atoms with Crippen molar-refractivity contribution in [1.82, 2.24) is 9.97 Å². The van der Waals surface area contributed by atoms with Crippen molar-refractivity contribution in [3.8, 4) is 0 Å². The molecule has 2 N–H and O–H groups in total. The molecule has 0 atom stereocenters. The molecule has 0 radical (unpaired) electrons. The van der Waals surface area contributed by atoms with Gasteiger partial charge in [0.25, 0.3) is 0 Å². The number of hydrogen-bond donors (Lipinski definition) is 2. The Morgan fingerprint density at radius 2 is 2.18 bits per heavy atom. The summed E-state index contributed by atoms with van der Waals surface area (Å²) in [5, 5.41) is 6.53. The van der Waals surface area contributed by atoms with E-state index < -0.39 is 0 Å². The average molecular weight is 252 g/mol. The minimum Gasteiger partial charge on any atom is -0.370 e. The van der Waals surface area contributed by atoms with Gasteiger partial charge in [-0.15, -0.1) is 0 Å². The minimum atomic E-state index is 0.705. The van der Waals surface area contributed by atoms with Crippen LogP contribution in [0.15, 0.2) is 12.3 Å². The molecule has 5 heteroatoms. The van der Waals surface area contributed by atoms with E-state index >= 15 is 0 Å². The number of rotatable bonds is 5. The van der Waals surface area contributed by atoms with Crippen molar-refractivity contribution in [3.63, 3.8) is 0 Å². The molecule has 1 fully saturated rings. The highest BCUT2D eigenvalue weighted by Gasteiger charge is 2.13. The molecule has 0 spiro atoms.